The van der Waals surface area contributed by atoms with E-state index >= 15 is 0 Å². The number of nitrogens with one attached hydrogen (secondary N) is 1. The highest BCUT2D eigenvalue weighted by Crippen LogP contribution is 2.33. The molecule has 1 saturated heterocycles. The predicted octanol–water partition coefficient (Wildman–Crippen LogP) is 1.17. The molecular weight excluding hydrogens is 304 g/mol. The molecule has 0 aliphatic carbocycles. The van der Waals surface area contributed by atoms with Crippen LogP contribution in [0.15, 0.2) is 18.2 Å². The van der Waals surface area contributed by atoms with Gasteiger partial charge in [-0.15, -0.1) is 0 Å². The summed E-state index contributed by atoms with van der Waals surface area (Å²) in [5.41, 5.74) is 7.76. The minimum absolute atomic E-state index is 0.740. The van der Waals surface area contributed by atoms with Crippen LogP contribution >= 0.6 is 0 Å². The summed E-state index contributed by atoms with van der Waals surface area (Å²) in [6, 6.07) is 5.94. The molecule has 0 radical (unpaired) electrons. The van der Waals surface area contributed by atoms with Crippen LogP contribution < -0.4 is 20.7 Å². The maximum Gasteiger partial charge on any atom is 0.144 e. The van der Waals surface area contributed by atoms with Crippen molar-refractivity contribution < 1.29 is 9.47 Å². The van der Waals surface area contributed by atoms with Crippen molar-refractivity contribution in [2.75, 3.05) is 76.3 Å². The second-order valence-electron chi connectivity index (χ2n) is 6.47. The number of morpholine rings is 1. The molecule has 0 aromatic heterocycles. The maximum atomic E-state index is 5.83. The van der Waals surface area contributed by atoms with E-state index < -0.39 is 0 Å². The molecule has 134 valence electrons. The molecule has 3 N–H and O–H groups in total. The van der Waals surface area contributed by atoms with Crippen molar-refractivity contribution in [3.05, 3.63) is 18.2 Å². The topological polar surface area (TPSA) is 63.0 Å². The fraction of sp³-hybridized carbons (Fsp3) is 0.667. The summed E-state index contributed by atoms with van der Waals surface area (Å²) in [5, 5.41) is 3.56. The first-order valence-electron chi connectivity index (χ1n) is 9.11. The van der Waals surface area contributed by atoms with E-state index in [9.17, 15) is 0 Å². The molecule has 0 atom stereocenters. The van der Waals surface area contributed by atoms with Crippen LogP contribution in [-0.4, -0.2) is 70.5 Å². The Morgan fingerprint density at radius 3 is 2.62 bits per heavy atom. The van der Waals surface area contributed by atoms with Crippen LogP contribution in [0.4, 0.5) is 11.4 Å². The first kappa shape index (κ1) is 17.3. The molecule has 6 heteroatoms. The highest BCUT2D eigenvalue weighted by molar-refractivity contribution is 5.65. The third-order valence-corrected chi connectivity index (χ3v) is 4.66. The lowest BCUT2D eigenvalue weighted by atomic mass is 10.2. The second-order valence-corrected chi connectivity index (χ2v) is 6.47. The van der Waals surface area contributed by atoms with Crippen LogP contribution in [-0.2, 0) is 4.74 Å². The first-order chi connectivity index (χ1) is 11.8. The van der Waals surface area contributed by atoms with Gasteiger partial charge in [0.2, 0.25) is 0 Å². The molecule has 0 spiro atoms. The smallest absolute Gasteiger partial charge is 0.144 e. The summed E-state index contributed by atoms with van der Waals surface area (Å²) in [5.74, 6) is 0.916. The number of nitrogens with zero attached hydrogens (tertiary/aromatic N) is 2. The molecule has 2 aliphatic heterocycles. The quantitative estimate of drug-likeness (QED) is 0.550. The van der Waals surface area contributed by atoms with E-state index in [1.54, 1.807) is 0 Å². The van der Waals surface area contributed by atoms with Gasteiger partial charge in [-0.3, -0.25) is 4.90 Å². The van der Waals surface area contributed by atoms with E-state index in [4.69, 9.17) is 15.2 Å². The molecule has 3 rings (SSSR count). The summed E-state index contributed by atoms with van der Waals surface area (Å²) in [4.78, 5) is 4.88. The molecule has 6 nitrogen and oxygen atoms in total. The van der Waals surface area contributed by atoms with Crippen molar-refractivity contribution in [3.8, 4) is 5.75 Å². The third-order valence-electron chi connectivity index (χ3n) is 4.66. The fourth-order valence-corrected chi connectivity index (χ4v) is 3.30. The lowest BCUT2D eigenvalue weighted by Crippen LogP contribution is -2.38. The average molecular weight is 334 g/mol. The minimum Gasteiger partial charge on any atom is -0.489 e. The molecule has 2 aliphatic rings. The predicted molar refractivity (Wildman–Crippen MR) is 97.9 cm³/mol. The minimum atomic E-state index is 0.740. The van der Waals surface area contributed by atoms with Crippen LogP contribution in [0.25, 0.3) is 0 Å². The van der Waals surface area contributed by atoms with E-state index in [0.29, 0.717) is 0 Å². The van der Waals surface area contributed by atoms with Gasteiger partial charge < -0.3 is 25.4 Å². The van der Waals surface area contributed by atoms with Gasteiger partial charge in [-0.25, -0.2) is 0 Å². The molecule has 0 saturated carbocycles. The standard InChI is InChI=1S/C18H30N4O2/c19-16-3-4-17-18(15-16)24-14-11-22(17)8-2-6-20-5-1-7-21-9-12-23-13-10-21/h3-4,15,20H,1-2,5-14,19H2. The number of ether oxygens (including phenoxy) is 2. The van der Waals surface area contributed by atoms with Crippen LogP contribution in [0.1, 0.15) is 12.8 Å². The summed E-state index contributed by atoms with van der Waals surface area (Å²) < 4.78 is 11.1. The third kappa shape index (κ3) is 5.00. The van der Waals surface area contributed by atoms with Crippen LogP contribution in [0, 0.1) is 0 Å². The largest absolute Gasteiger partial charge is 0.489 e. The van der Waals surface area contributed by atoms with Crippen molar-refractivity contribution in [1.82, 2.24) is 10.2 Å². The Morgan fingerprint density at radius 2 is 1.79 bits per heavy atom. The van der Waals surface area contributed by atoms with E-state index in [1.165, 1.54) is 18.7 Å². The van der Waals surface area contributed by atoms with E-state index in [0.717, 1.165) is 76.9 Å². The van der Waals surface area contributed by atoms with Crippen molar-refractivity contribution in [2.24, 2.45) is 0 Å². The zero-order chi connectivity index (χ0) is 16.6. The number of nitrogen functional groups attached to an aromatic ring is 1. The van der Waals surface area contributed by atoms with E-state index in [2.05, 4.69) is 21.2 Å². The van der Waals surface area contributed by atoms with Crippen LogP contribution in [0.3, 0.4) is 0 Å². The number of benzene rings is 1. The Hall–Kier alpha value is -1.50. The van der Waals surface area contributed by atoms with Crippen LogP contribution in [0.5, 0.6) is 5.75 Å². The normalized spacial score (nSPS) is 18.2. The molecule has 1 fully saturated rings. The van der Waals surface area contributed by atoms with Gasteiger partial charge in [-0.05, 0) is 44.6 Å². The summed E-state index contributed by atoms with van der Waals surface area (Å²) >= 11 is 0. The summed E-state index contributed by atoms with van der Waals surface area (Å²) in [7, 11) is 0. The fourth-order valence-electron chi connectivity index (χ4n) is 3.30. The van der Waals surface area contributed by atoms with Gasteiger partial charge in [0.05, 0.1) is 25.4 Å². The lowest BCUT2D eigenvalue weighted by Gasteiger charge is -2.31. The number of anilines is 2. The lowest BCUT2D eigenvalue weighted by molar-refractivity contribution is 0.0374. The molecule has 1 aromatic rings. The van der Waals surface area contributed by atoms with Gasteiger partial charge >= 0.3 is 0 Å². The Morgan fingerprint density at radius 1 is 1.00 bits per heavy atom. The van der Waals surface area contributed by atoms with Crippen molar-refractivity contribution >= 4 is 11.4 Å². The SMILES string of the molecule is Nc1ccc2c(c1)OCCN2CCCNCCCN1CCOCC1. The molecular formula is C18H30N4O2. The van der Waals surface area contributed by atoms with Crippen molar-refractivity contribution in [1.29, 1.82) is 0 Å². The zero-order valence-electron chi connectivity index (χ0n) is 14.5. The molecule has 0 amide bonds. The van der Waals surface area contributed by atoms with E-state index in [-0.39, 0.29) is 0 Å². The zero-order valence-corrected chi connectivity index (χ0v) is 14.5. The molecule has 0 unspecified atom stereocenters. The number of hydrogen-bond donors (Lipinski definition) is 2. The van der Waals surface area contributed by atoms with Crippen LogP contribution in [0.2, 0.25) is 0 Å². The highest BCUT2D eigenvalue weighted by Gasteiger charge is 2.17. The highest BCUT2D eigenvalue weighted by atomic mass is 16.5. The Balaban J connectivity index is 1.29. The number of fused-ring (bicyclic) bond motifs is 1. The van der Waals surface area contributed by atoms with Gasteiger partial charge in [0, 0.05) is 31.4 Å². The Bertz CT molecular complexity index is 506. The Labute approximate surface area is 144 Å². The van der Waals surface area contributed by atoms with Gasteiger partial charge in [-0.2, -0.15) is 0 Å². The maximum absolute atomic E-state index is 5.83. The molecule has 2 heterocycles. The first-order valence-corrected chi connectivity index (χ1v) is 9.11. The monoisotopic (exact) mass is 334 g/mol. The number of rotatable bonds is 8. The van der Waals surface area contributed by atoms with Gasteiger partial charge in [0.15, 0.2) is 0 Å². The second kappa shape index (κ2) is 9.11. The molecule has 1 aromatic carbocycles. The van der Waals surface area contributed by atoms with Gasteiger partial charge in [0.25, 0.3) is 0 Å². The number of hydrogen-bond acceptors (Lipinski definition) is 6. The Kier molecular flexibility index (Phi) is 6.57. The van der Waals surface area contributed by atoms with Gasteiger partial charge in [-0.1, -0.05) is 0 Å². The van der Waals surface area contributed by atoms with Crippen molar-refractivity contribution in [3.63, 3.8) is 0 Å². The molecule has 0 bridgehead atoms. The number of nitrogens with two attached hydrogens (primary N) is 1. The summed E-state index contributed by atoms with van der Waals surface area (Å²) in [6.45, 7) is 10.0. The summed E-state index contributed by atoms with van der Waals surface area (Å²) in [6.07, 6.45) is 2.35. The van der Waals surface area contributed by atoms with E-state index in [1.807, 2.05) is 12.1 Å². The van der Waals surface area contributed by atoms with Gasteiger partial charge in [0.1, 0.15) is 12.4 Å². The molecule has 24 heavy (non-hydrogen) atoms. The van der Waals surface area contributed by atoms with Crippen molar-refractivity contribution in [2.45, 2.75) is 12.8 Å². The average Bonchev–Trinajstić information content (AvgIpc) is 2.61.